The summed E-state index contributed by atoms with van der Waals surface area (Å²) in [7, 11) is 0. The molecule has 0 radical (unpaired) electrons. The van der Waals surface area contributed by atoms with Gasteiger partial charge in [0, 0.05) is 17.3 Å². The summed E-state index contributed by atoms with van der Waals surface area (Å²) in [6.07, 6.45) is 0.953. The monoisotopic (exact) mass is 333 g/mol. The molecule has 25 heavy (non-hydrogen) atoms. The van der Waals surface area contributed by atoms with Crippen LogP contribution in [0, 0.1) is 6.92 Å². The molecule has 2 aromatic carbocycles. The van der Waals surface area contributed by atoms with Crippen LogP contribution in [0.25, 0.3) is 0 Å². The summed E-state index contributed by atoms with van der Waals surface area (Å²) >= 11 is 0. The van der Waals surface area contributed by atoms with Gasteiger partial charge in [-0.15, -0.1) is 5.10 Å². The van der Waals surface area contributed by atoms with Gasteiger partial charge in [0.25, 0.3) is 5.91 Å². The number of carbonyl (C=O) groups is 1. The molecule has 0 bridgehead atoms. The Balaban J connectivity index is 1.63. The van der Waals surface area contributed by atoms with E-state index in [1.165, 1.54) is 5.56 Å². The molecule has 0 saturated carbocycles. The largest absolute Gasteiger partial charge is 0.438 e. The molecule has 3 rings (SSSR count). The van der Waals surface area contributed by atoms with Crippen LogP contribution in [0.4, 0.5) is 5.69 Å². The lowest BCUT2D eigenvalue weighted by atomic mass is 10.1. The molecule has 0 spiro atoms. The van der Waals surface area contributed by atoms with Gasteiger partial charge < -0.3 is 10.1 Å². The molecule has 0 aliphatic heterocycles. The summed E-state index contributed by atoms with van der Waals surface area (Å²) < 4.78 is 5.62. The van der Waals surface area contributed by atoms with Crippen LogP contribution < -0.4 is 10.1 Å². The number of hydrogen-bond donors (Lipinski definition) is 1. The third-order valence-electron chi connectivity index (χ3n) is 3.73. The number of nitrogens with zero attached hydrogens (tertiary/aromatic N) is 2. The van der Waals surface area contributed by atoms with Crippen molar-refractivity contribution in [2.75, 3.05) is 5.32 Å². The maximum absolute atomic E-state index is 12.3. The van der Waals surface area contributed by atoms with Crippen LogP contribution in [0.3, 0.4) is 0 Å². The smallest absolute Gasteiger partial charge is 0.255 e. The molecule has 1 N–H and O–H groups in total. The Kier molecular flexibility index (Phi) is 5.04. The number of aromatic nitrogens is 2. The van der Waals surface area contributed by atoms with Crippen LogP contribution in [-0.2, 0) is 6.42 Å². The highest BCUT2D eigenvalue weighted by Crippen LogP contribution is 2.21. The molecule has 126 valence electrons. The van der Waals surface area contributed by atoms with Gasteiger partial charge >= 0.3 is 0 Å². The molecule has 1 heterocycles. The van der Waals surface area contributed by atoms with E-state index in [9.17, 15) is 4.79 Å². The maximum Gasteiger partial charge on any atom is 0.255 e. The fourth-order valence-electron chi connectivity index (χ4n) is 2.26. The van der Waals surface area contributed by atoms with Gasteiger partial charge in [0.05, 0.1) is 5.69 Å². The summed E-state index contributed by atoms with van der Waals surface area (Å²) in [5, 5.41) is 10.8. The molecule has 0 aliphatic carbocycles. The molecule has 0 saturated heterocycles. The van der Waals surface area contributed by atoms with Gasteiger partial charge in [-0.3, -0.25) is 4.79 Å². The van der Waals surface area contributed by atoms with E-state index in [0.29, 0.717) is 22.9 Å². The van der Waals surface area contributed by atoms with E-state index in [1.54, 1.807) is 30.3 Å². The summed E-state index contributed by atoms with van der Waals surface area (Å²) in [5.41, 5.74) is 3.37. The number of anilines is 1. The Morgan fingerprint density at radius 1 is 0.960 bits per heavy atom. The standard InChI is InChI=1S/C20H19N3O2/c1-3-15-5-7-16(8-6-15)20(24)21-17-9-11-18(12-10-17)25-19-13-4-14(2)22-23-19/h4-13H,3H2,1-2H3,(H,21,24). The molecule has 5 heteroatoms. The number of ether oxygens (including phenoxy) is 1. The predicted molar refractivity (Wildman–Crippen MR) is 97.1 cm³/mol. The zero-order chi connectivity index (χ0) is 17.6. The van der Waals surface area contributed by atoms with Gasteiger partial charge in [-0.25, -0.2) is 0 Å². The van der Waals surface area contributed by atoms with E-state index >= 15 is 0 Å². The normalized spacial score (nSPS) is 10.3. The molecule has 1 amide bonds. The van der Waals surface area contributed by atoms with Gasteiger partial charge in [0.2, 0.25) is 5.88 Å². The van der Waals surface area contributed by atoms with E-state index in [0.717, 1.165) is 12.1 Å². The van der Waals surface area contributed by atoms with Crippen LogP contribution in [0.15, 0.2) is 60.7 Å². The van der Waals surface area contributed by atoms with Crippen LogP contribution >= 0.6 is 0 Å². The molecule has 0 aliphatic rings. The molecule has 0 fully saturated rings. The molecular weight excluding hydrogens is 314 g/mol. The Labute approximate surface area is 146 Å². The first-order chi connectivity index (χ1) is 12.1. The van der Waals surface area contributed by atoms with Crippen molar-refractivity contribution in [3.05, 3.63) is 77.5 Å². The quantitative estimate of drug-likeness (QED) is 0.752. The summed E-state index contributed by atoms with van der Waals surface area (Å²) in [5.74, 6) is 0.919. The number of benzene rings is 2. The number of amides is 1. The predicted octanol–water partition coefficient (Wildman–Crippen LogP) is 4.39. The fraction of sp³-hybridized carbons (Fsp3) is 0.150. The third-order valence-corrected chi connectivity index (χ3v) is 3.73. The van der Waals surface area contributed by atoms with Crippen LogP contribution in [0.2, 0.25) is 0 Å². The average molecular weight is 333 g/mol. The van der Waals surface area contributed by atoms with Crippen LogP contribution in [-0.4, -0.2) is 16.1 Å². The van der Waals surface area contributed by atoms with Crippen molar-refractivity contribution in [2.45, 2.75) is 20.3 Å². The molecule has 5 nitrogen and oxygen atoms in total. The van der Waals surface area contributed by atoms with Crippen molar-refractivity contribution in [2.24, 2.45) is 0 Å². The van der Waals surface area contributed by atoms with Crippen molar-refractivity contribution in [3.63, 3.8) is 0 Å². The van der Waals surface area contributed by atoms with E-state index < -0.39 is 0 Å². The van der Waals surface area contributed by atoms with Crippen molar-refractivity contribution in [3.8, 4) is 11.6 Å². The topological polar surface area (TPSA) is 64.1 Å². The Morgan fingerprint density at radius 2 is 1.68 bits per heavy atom. The number of nitrogens with one attached hydrogen (secondary N) is 1. The highest BCUT2D eigenvalue weighted by atomic mass is 16.5. The summed E-state index contributed by atoms with van der Waals surface area (Å²) in [6.45, 7) is 3.95. The number of carbonyl (C=O) groups excluding carboxylic acids is 1. The number of aryl methyl sites for hydroxylation is 2. The maximum atomic E-state index is 12.3. The number of hydrogen-bond acceptors (Lipinski definition) is 4. The Hall–Kier alpha value is -3.21. The van der Waals surface area contributed by atoms with Crippen molar-refractivity contribution in [1.82, 2.24) is 10.2 Å². The first kappa shape index (κ1) is 16.6. The lowest BCUT2D eigenvalue weighted by Gasteiger charge is -2.08. The molecule has 3 aromatic rings. The molecular formula is C20H19N3O2. The zero-order valence-electron chi connectivity index (χ0n) is 14.2. The van der Waals surface area contributed by atoms with Crippen LogP contribution in [0.5, 0.6) is 11.6 Å². The second-order valence-corrected chi connectivity index (χ2v) is 5.64. The van der Waals surface area contributed by atoms with Crippen LogP contribution in [0.1, 0.15) is 28.5 Å². The minimum Gasteiger partial charge on any atom is -0.438 e. The fourth-order valence-corrected chi connectivity index (χ4v) is 2.26. The number of rotatable bonds is 5. The second-order valence-electron chi connectivity index (χ2n) is 5.64. The third kappa shape index (κ3) is 4.41. The van der Waals surface area contributed by atoms with Gasteiger partial charge in [0.15, 0.2) is 0 Å². The second kappa shape index (κ2) is 7.57. The van der Waals surface area contributed by atoms with E-state index in [2.05, 4.69) is 22.4 Å². The summed E-state index contributed by atoms with van der Waals surface area (Å²) in [6, 6.07) is 18.3. The highest BCUT2D eigenvalue weighted by Gasteiger charge is 2.06. The van der Waals surface area contributed by atoms with Gasteiger partial charge in [-0.05, 0) is 61.4 Å². The zero-order valence-corrected chi connectivity index (χ0v) is 14.2. The van der Waals surface area contributed by atoms with E-state index in [-0.39, 0.29) is 5.91 Å². The van der Waals surface area contributed by atoms with Crippen molar-refractivity contribution >= 4 is 11.6 Å². The first-order valence-corrected chi connectivity index (χ1v) is 8.12. The molecule has 1 aromatic heterocycles. The highest BCUT2D eigenvalue weighted by molar-refractivity contribution is 6.04. The van der Waals surface area contributed by atoms with Gasteiger partial charge in [0.1, 0.15) is 5.75 Å². The SMILES string of the molecule is CCc1ccc(C(=O)Nc2ccc(Oc3ccc(C)nn3)cc2)cc1. The van der Waals surface area contributed by atoms with Gasteiger partial charge in [-0.2, -0.15) is 5.10 Å². The summed E-state index contributed by atoms with van der Waals surface area (Å²) in [4.78, 5) is 12.3. The van der Waals surface area contributed by atoms with E-state index in [4.69, 9.17) is 4.74 Å². The first-order valence-electron chi connectivity index (χ1n) is 8.12. The Morgan fingerprint density at radius 3 is 2.28 bits per heavy atom. The molecule has 0 unspecified atom stereocenters. The van der Waals surface area contributed by atoms with Crippen molar-refractivity contribution in [1.29, 1.82) is 0 Å². The Bertz CT molecular complexity index is 842. The molecule has 0 atom stereocenters. The minimum absolute atomic E-state index is 0.138. The lowest BCUT2D eigenvalue weighted by molar-refractivity contribution is 0.102. The van der Waals surface area contributed by atoms with Gasteiger partial charge in [-0.1, -0.05) is 19.1 Å². The van der Waals surface area contributed by atoms with E-state index in [1.807, 2.05) is 37.3 Å². The van der Waals surface area contributed by atoms with Crippen molar-refractivity contribution < 1.29 is 9.53 Å². The average Bonchev–Trinajstić information content (AvgIpc) is 2.65. The minimum atomic E-state index is -0.138. The lowest BCUT2D eigenvalue weighted by Crippen LogP contribution is -2.11.